The summed E-state index contributed by atoms with van der Waals surface area (Å²) < 4.78 is 5.46. The first-order chi connectivity index (χ1) is 9.28. The third-order valence-corrected chi connectivity index (χ3v) is 5.85. The second-order valence-electron chi connectivity index (χ2n) is 6.85. The lowest BCUT2D eigenvalue weighted by Crippen LogP contribution is -2.49. The molecular formula is C15H29N3O. The molecule has 0 aromatic rings. The van der Waals surface area contributed by atoms with Crippen LogP contribution >= 0.6 is 0 Å². The summed E-state index contributed by atoms with van der Waals surface area (Å²) in [4.78, 5) is 2.61. The molecule has 0 radical (unpaired) electrons. The fourth-order valence-corrected chi connectivity index (χ4v) is 4.52. The Balaban J connectivity index is 1.56. The molecule has 3 aliphatic rings. The molecule has 3 N–H and O–H groups in total. The quantitative estimate of drug-likeness (QED) is 0.599. The largest absolute Gasteiger partial charge is 0.381 e. The van der Waals surface area contributed by atoms with E-state index in [2.05, 4.69) is 17.4 Å². The summed E-state index contributed by atoms with van der Waals surface area (Å²) in [6, 6.07) is 2.14. The van der Waals surface area contributed by atoms with E-state index in [0.717, 1.165) is 37.1 Å². The average Bonchev–Trinajstić information content (AvgIpc) is 2.68. The molecule has 3 unspecified atom stereocenters. The van der Waals surface area contributed by atoms with Crippen LogP contribution in [0.3, 0.4) is 0 Å². The lowest BCUT2D eigenvalue weighted by atomic mass is 9.80. The van der Waals surface area contributed by atoms with Crippen LogP contribution in [0.4, 0.5) is 0 Å². The molecule has 19 heavy (non-hydrogen) atoms. The Kier molecular flexibility index (Phi) is 4.42. The van der Waals surface area contributed by atoms with Crippen molar-refractivity contribution in [2.75, 3.05) is 20.3 Å². The highest BCUT2D eigenvalue weighted by Gasteiger charge is 2.41. The molecule has 0 saturated carbocycles. The first-order valence-electron chi connectivity index (χ1n) is 8.03. The summed E-state index contributed by atoms with van der Waals surface area (Å²) in [6.07, 6.45) is 9.15. The molecule has 110 valence electrons. The molecule has 2 bridgehead atoms. The zero-order chi connectivity index (χ0) is 13.2. The van der Waals surface area contributed by atoms with Gasteiger partial charge in [-0.05, 0) is 63.8 Å². The van der Waals surface area contributed by atoms with Crippen molar-refractivity contribution in [3.8, 4) is 0 Å². The van der Waals surface area contributed by atoms with Gasteiger partial charge in [-0.2, -0.15) is 0 Å². The van der Waals surface area contributed by atoms with Gasteiger partial charge in [0.2, 0.25) is 0 Å². The van der Waals surface area contributed by atoms with Crippen LogP contribution < -0.4 is 11.3 Å². The topological polar surface area (TPSA) is 50.5 Å². The van der Waals surface area contributed by atoms with Crippen molar-refractivity contribution in [3.05, 3.63) is 0 Å². The highest BCUT2D eigenvalue weighted by molar-refractivity contribution is 4.96. The highest BCUT2D eigenvalue weighted by Crippen LogP contribution is 2.40. The third kappa shape index (κ3) is 2.97. The minimum absolute atomic E-state index is 0.514. The maximum absolute atomic E-state index is 5.87. The van der Waals surface area contributed by atoms with E-state index in [1.807, 2.05) is 0 Å². The molecule has 3 atom stereocenters. The van der Waals surface area contributed by atoms with Gasteiger partial charge in [-0.1, -0.05) is 0 Å². The minimum atomic E-state index is 0.514. The summed E-state index contributed by atoms with van der Waals surface area (Å²) in [5.41, 5.74) is 3.14. The van der Waals surface area contributed by atoms with E-state index in [0.29, 0.717) is 6.04 Å². The van der Waals surface area contributed by atoms with Crippen molar-refractivity contribution in [2.24, 2.45) is 17.7 Å². The molecule has 4 nitrogen and oxygen atoms in total. The molecule has 4 heteroatoms. The molecule has 0 aromatic heterocycles. The Labute approximate surface area is 117 Å². The maximum atomic E-state index is 5.87. The summed E-state index contributed by atoms with van der Waals surface area (Å²) >= 11 is 0. The van der Waals surface area contributed by atoms with Gasteiger partial charge in [-0.3, -0.25) is 11.3 Å². The van der Waals surface area contributed by atoms with Gasteiger partial charge in [-0.25, -0.2) is 0 Å². The minimum Gasteiger partial charge on any atom is -0.381 e. The number of hydrogen-bond acceptors (Lipinski definition) is 4. The number of fused-ring (bicyclic) bond motifs is 2. The highest BCUT2D eigenvalue weighted by atomic mass is 16.5. The molecule has 0 aliphatic carbocycles. The van der Waals surface area contributed by atoms with Gasteiger partial charge < -0.3 is 9.64 Å². The van der Waals surface area contributed by atoms with Crippen molar-refractivity contribution in [2.45, 2.75) is 63.1 Å². The molecule has 3 fully saturated rings. The smallest absolute Gasteiger partial charge is 0.0468 e. The first kappa shape index (κ1) is 13.8. The Morgan fingerprint density at radius 1 is 1.16 bits per heavy atom. The maximum Gasteiger partial charge on any atom is 0.0468 e. The lowest BCUT2D eigenvalue weighted by molar-refractivity contribution is 0.0505. The van der Waals surface area contributed by atoms with Gasteiger partial charge in [0.15, 0.2) is 0 Å². The van der Waals surface area contributed by atoms with E-state index in [1.165, 1.54) is 44.9 Å². The van der Waals surface area contributed by atoms with Gasteiger partial charge in [0.1, 0.15) is 0 Å². The van der Waals surface area contributed by atoms with Crippen LogP contribution in [0, 0.1) is 11.8 Å². The number of rotatable bonds is 4. The van der Waals surface area contributed by atoms with Gasteiger partial charge in [0, 0.05) is 31.3 Å². The Morgan fingerprint density at radius 2 is 1.79 bits per heavy atom. The second kappa shape index (κ2) is 6.08. The van der Waals surface area contributed by atoms with Gasteiger partial charge >= 0.3 is 0 Å². The van der Waals surface area contributed by atoms with Crippen LogP contribution in [0.25, 0.3) is 0 Å². The van der Waals surface area contributed by atoms with Crippen molar-refractivity contribution in [3.63, 3.8) is 0 Å². The molecule has 3 aliphatic heterocycles. The number of hydrazine groups is 1. The van der Waals surface area contributed by atoms with E-state index in [1.54, 1.807) is 0 Å². The zero-order valence-corrected chi connectivity index (χ0v) is 12.2. The van der Waals surface area contributed by atoms with Crippen LogP contribution in [0.1, 0.15) is 44.9 Å². The van der Waals surface area contributed by atoms with E-state index in [-0.39, 0.29) is 0 Å². The number of ether oxygens (including phenoxy) is 1. The number of piperidine rings is 1. The SMILES string of the molecule is CN1C2CCC1CC(C(CC1CCOCC1)NN)C2. The predicted molar refractivity (Wildman–Crippen MR) is 76.6 cm³/mol. The lowest BCUT2D eigenvalue weighted by Gasteiger charge is -2.40. The zero-order valence-electron chi connectivity index (χ0n) is 12.2. The van der Waals surface area contributed by atoms with Crippen molar-refractivity contribution in [1.29, 1.82) is 0 Å². The average molecular weight is 267 g/mol. The van der Waals surface area contributed by atoms with Crippen molar-refractivity contribution < 1.29 is 4.74 Å². The number of nitrogens with two attached hydrogens (primary N) is 1. The summed E-state index contributed by atoms with van der Waals surface area (Å²) in [6.45, 7) is 1.89. The summed E-state index contributed by atoms with van der Waals surface area (Å²) in [5, 5.41) is 0. The van der Waals surface area contributed by atoms with Crippen LogP contribution in [0.15, 0.2) is 0 Å². The number of nitrogens with one attached hydrogen (secondary N) is 1. The number of hydrogen-bond donors (Lipinski definition) is 2. The standard InChI is InChI=1S/C15H29N3O/c1-18-13-2-3-14(18)10-12(9-13)15(17-16)8-11-4-6-19-7-5-11/h11-15,17H,2-10,16H2,1H3. The second-order valence-corrected chi connectivity index (χ2v) is 6.85. The summed E-state index contributed by atoms with van der Waals surface area (Å²) in [7, 11) is 2.31. The molecule has 0 amide bonds. The Bertz CT molecular complexity index is 279. The van der Waals surface area contributed by atoms with Gasteiger partial charge in [-0.15, -0.1) is 0 Å². The van der Waals surface area contributed by atoms with E-state index >= 15 is 0 Å². The van der Waals surface area contributed by atoms with Crippen LogP contribution in [-0.4, -0.2) is 43.3 Å². The fraction of sp³-hybridized carbons (Fsp3) is 1.00. The molecular weight excluding hydrogens is 238 g/mol. The molecule has 0 aromatic carbocycles. The predicted octanol–water partition coefficient (Wildman–Crippen LogP) is 1.51. The monoisotopic (exact) mass is 267 g/mol. The Morgan fingerprint density at radius 3 is 2.37 bits per heavy atom. The molecule has 3 rings (SSSR count). The van der Waals surface area contributed by atoms with E-state index in [9.17, 15) is 0 Å². The first-order valence-corrected chi connectivity index (χ1v) is 8.03. The number of nitrogens with zero attached hydrogens (tertiary/aromatic N) is 1. The van der Waals surface area contributed by atoms with Gasteiger partial charge in [0.25, 0.3) is 0 Å². The van der Waals surface area contributed by atoms with Gasteiger partial charge in [0.05, 0.1) is 0 Å². The van der Waals surface area contributed by atoms with Crippen LogP contribution in [0.5, 0.6) is 0 Å². The van der Waals surface area contributed by atoms with Crippen LogP contribution in [0.2, 0.25) is 0 Å². The normalized spacial score (nSPS) is 38.5. The van der Waals surface area contributed by atoms with E-state index < -0.39 is 0 Å². The molecule has 3 heterocycles. The molecule has 0 spiro atoms. The Hall–Kier alpha value is -0.160. The third-order valence-electron chi connectivity index (χ3n) is 5.85. The van der Waals surface area contributed by atoms with Crippen LogP contribution in [-0.2, 0) is 4.74 Å². The van der Waals surface area contributed by atoms with E-state index in [4.69, 9.17) is 10.6 Å². The fourth-order valence-electron chi connectivity index (χ4n) is 4.52. The summed E-state index contributed by atoms with van der Waals surface area (Å²) in [5.74, 6) is 7.46. The van der Waals surface area contributed by atoms with Crippen molar-refractivity contribution >= 4 is 0 Å². The van der Waals surface area contributed by atoms with Crippen molar-refractivity contribution in [1.82, 2.24) is 10.3 Å². The molecule has 3 saturated heterocycles.